The maximum absolute atomic E-state index is 11.7. The summed E-state index contributed by atoms with van der Waals surface area (Å²) in [4.78, 5) is 11.7. The Kier molecular flexibility index (Phi) is 5.59. The van der Waals surface area contributed by atoms with Crippen LogP contribution >= 0.6 is 0 Å². The Morgan fingerprint density at radius 1 is 1.19 bits per heavy atom. The van der Waals surface area contributed by atoms with Crippen LogP contribution in [0, 0.1) is 0 Å². The summed E-state index contributed by atoms with van der Waals surface area (Å²) >= 11 is 0. The van der Waals surface area contributed by atoms with Crippen LogP contribution in [0.2, 0.25) is 0 Å². The predicted octanol–water partition coefficient (Wildman–Crippen LogP) is 4.33. The van der Waals surface area contributed by atoms with Gasteiger partial charge in [0.1, 0.15) is 5.76 Å². The first-order valence-corrected chi connectivity index (χ1v) is 6.91. The van der Waals surface area contributed by atoms with Crippen LogP contribution in [0.25, 0.3) is 12.2 Å². The maximum Gasteiger partial charge on any atom is 0.310 e. The van der Waals surface area contributed by atoms with E-state index in [2.05, 4.69) is 0 Å². The molecule has 0 unspecified atom stereocenters. The Balaban J connectivity index is 2.15. The summed E-state index contributed by atoms with van der Waals surface area (Å²) in [7, 11) is 0. The minimum absolute atomic E-state index is 0.220. The molecular weight excluding hydrogens is 264 g/mol. The number of rotatable bonds is 6. The third-order valence-electron chi connectivity index (χ3n) is 2.81. The molecule has 0 atom stereocenters. The van der Waals surface area contributed by atoms with Gasteiger partial charge in [0.2, 0.25) is 0 Å². The third kappa shape index (κ3) is 5.15. The molecule has 0 fully saturated rings. The van der Waals surface area contributed by atoms with E-state index in [1.54, 1.807) is 13.2 Å². The number of furan rings is 1. The van der Waals surface area contributed by atoms with Gasteiger partial charge in [0.05, 0.1) is 19.3 Å². The first-order chi connectivity index (χ1) is 10.3. The Morgan fingerprint density at radius 3 is 2.67 bits per heavy atom. The van der Waals surface area contributed by atoms with Gasteiger partial charge in [-0.05, 0) is 36.3 Å². The normalized spacial score (nSPS) is 11.8. The standard InChI is InChI=1S/C18H18O3/c1-2-20-18(19)14-16(13-17-9-6-12-21-17)11-10-15-7-4-3-5-8-15/h3-13H,2,14H2,1H3/b11-10+,16-13-. The summed E-state index contributed by atoms with van der Waals surface area (Å²) in [6.45, 7) is 2.18. The van der Waals surface area contributed by atoms with Crippen molar-refractivity contribution in [3.8, 4) is 0 Å². The van der Waals surface area contributed by atoms with Gasteiger partial charge in [-0.15, -0.1) is 0 Å². The van der Waals surface area contributed by atoms with Crippen LogP contribution in [0.4, 0.5) is 0 Å². The van der Waals surface area contributed by atoms with Crippen molar-refractivity contribution in [2.45, 2.75) is 13.3 Å². The Labute approximate surface area is 124 Å². The average molecular weight is 282 g/mol. The molecule has 0 aliphatic heterocycles. The van der Waals surface area contributed by atoms with E-state index in [4.69, 9.17) is 9.15 Å². The van der Waals surface area contributed by atoms with Crippen molar-refractivity contribution >= 4 is 18.1 Å². The van der Waals surface area contributed by atoms with Crippen LogP contribution in [0.3, 0.4) is 0 Å². The molecule has 2 rings (SSSR count). The third-order valence-corrected chi connectivity index (χ3v) is 2.81. The topological polar surface area (TPSA) is 39.4 Å². The Morgan fingerprint density at radius 2 is 2.00 bits per heavy atom. The number of ether oxygens (including phenoxy) is 1. The number of benzene rings is 1. The molecule has 21 heavy (non-hydrogen) atoms. The van der Waals surface area contributed by atoms with Crippen molar-refractivity contribution in [1.29, 1.82) is 0 Å². The van der Waals surface area contributed by atoms with Gasteiger partial charge < -0.3 is 9.15 Å². The molecule has 0 saturated heterocycles. The van der Waals surface area contributed by atoms with E-state index in [0.29, 0.717) is 12.4 Å². The molecular formula is C18H18O3. The van der Waals surface area contributed by atoms with Gasteiger partial charge in [-0.2, -0.15) is 0 Å². The molecule has 0 N–H and O–H groups in total. The first-order valence-electron chi connectivity index (χ1n) is 6.91. The zero-order valence-electron chi connectivity index (χ0n) is 12.0. The molecule has 0 radical (unpaired) electrons. The lowest BCUT2D eigenvalue weighted by Crippen LogP contribution is -2.04. The molecule has 0 amide bonds. The Bertz CT molecular complexity index is 607. The highest BCUT2D eigenvalue weighted by Gasteiger charge is 2.05. The number of hydrogen-bond acceptors (Lipinski definition) is 3. The summed E-state index contributed by atoms with van der Waals surface area (Å²) in [6.07, 6.45) is 7.55. The number of carbonyl (C=O) groups is 1. The summed E-state index contributed by atoms with van der Waals surface area (Å²) < 4.78 is 10.3. The van der Waals surface area contributed by atoms with Gasteiger partial charge >= 0.3 is 5.97 Å². The number of carbonyl (C=O) groups excluding carboxylic acids is 1. The highest BCUT2D eigenvalue weighted by atomic mass is 16.5. The molecule has 0 saturated carbocycles. The first kappa shape index (κ1) is 14.9. The molecule has 0 aliphatic carbocycles. The van der Waals surface area contributed by atoms with Gasteiger partial charge in [-0.1, -0.05) is 42.5 Å². The molecule has 1 heterocycles. The number of esters is 1. The van der Waals surface area contributed by atoms with Crippen LogP contribution in [-0.2, 0) is 9.53 Å². The largest absolute Gasteiger partial charge is 0.466 e. The van der Waals surface area contributed by atoms with Gasteiger partial charge in [-0.25, -0.2) is 0 Å². The zero-order chi connectivity index (χ0) is 14.9. The molecule has 0 spiro atoms. The van der Waals surface area contributed by atoms with Gasteiger partial charge in [-0.3, -0.25) is 4.79 Å². The van der Waals surface area contributed by atoms with Crippen molar-refractivity contribution in [3.05, 3.63) is 71.7 Å². The molecule has 0 bridgehead atoms. The summed E-state index contributed by atoms with van der Waals surface area (Å²) in [6, 6.07) is 13.6. The lowest BCUT2D eigenvalue weighted by molar-refractivity contribution is -0.142. The summed E-state index contributed by atoms with van der Waals surface area (Å²) in [5.74, 6) is 0.472. The van der Waals surface area contributed by atoms with E-state index in [9.17, 15) is 4.79 Å². The molecule has 1 aromatic heterocycles. The van der Waals surface area contributed by atoms with E-state index in [1.165, 1.54) is 0 Å². The second kappa shape index (κ2) is 7.90. The molecule has 3 heteroatoms. The number of allylic oxidation sites excluding steroid dienone is 1. The molecule has 108 valence electrons. The van der Waals surface area contributed by atoms with Gasteiger partial charge in [0.25, 0.3) is 0 Å². The SMILES string of the molecule is CCOC(=O)CC(/C=C/c1ccccc1)=C\c1ccco1. The molecule has 1 aromatic carbocycles. The highest BCUT2D eigenvalue weighted by Crippen LogP contribution is 2.14. The minimum Gasteiger partial charge on any atom is -0.466 e. The van der Waals surface area contributed by atoms with Crippen molar-refractivity contribution in [3.63, 3.8) is 0 Å². The van der Waals surface area contributed by atoms with Crippen LogP contribution in [-0.4, -0.2) is 12.6 Å². The van der Waals surface area contributed by atoms with Crippen LogP contribution in [0.5, 0.6) is 0 Å². The van der Waals surface area contributed by atoms with Crippen LogP contribution in [0.1, 0.15) is 24.7 Å². The van der Waals surface area contributed by atoms with Crippen LogP contribution in [0.15, 0.2) is 64.8 Å². The minimum atomic E-state index is -0.243. The van der Waals surface area contributed by atoms with Gasteiger partial charge in [0, 0.05) is 0 Å². The highest BCUT2D eigenvalue weighted by molar-refractivity contribution is 5.76. The zero-order valence-corrected chi connectivity index (χ0v) is 12.0. The lowest BCUT2D eigenvalue weighted by Gasteiger charge is -2.03. The average Bonchev–Trinajstić information content (AvgIpc) is 2.99. The fourth-order valence-electron chi connectivity index (χ4n) is 1.86. The fraction of sp³-hybridized carbons (Fsp3) is 0.167. The lowest BCUT2D eigenvalue weighted by atomic mass is 10.1. The monoisotopic (exact) mass is 282 g/mol. The molecule has 3 nitrogen and oxygen atoms in total. The van der Waals surface area contributed by atoms with Gasteiger partial charge in [0.15, 0.2) is 0 Å². The van der Waals surface area contributed by atoms with E-state index in [0.717, 1.165) is 11.1 Å². The van der Waals surface area contributed by atoms with Crippen molar-refractivity contribution in [2.24, 2.45) is 0 Å². The van der Waals surface area contributed by atoms with E-state index < -0.39 is 0 Å². The van der Waals surface area contributed by atoms with E-state index in [1.807, 2.05) is 60.7 Å². The number of hydrogen-bond donors (Lipinski definition) is 0. The fourth-order valence-corrected chi connectivity index (χ4v) is 1.86. The summed E-state index contributed by atoms with van der Waals surface area (Å²) in [5.41, 5.74) is 1.92. The second-order valence-corrected chi connectivity index (χ2v) is 4.46. The van der Waals surface area contributed by atoms with Crippen molar-refractivity contribution in [2.75, 3.05) is 6.61 Å². The van der Waals surface area contributed by atoms with Crippen LogP contribution < -0.4 is 0 Å². The maximum atomic E-state index is 11.7. The quantitative estimate of drug-likeness (QED) is 0.585. The molecule has 0 aliphatic rings. The van der Waals surface area contributed by atoms with E-state index >= 15 is 0 Å². The van der Waals surface area contributed by atoms with Crippen molar-refractivity contribution in [1.82, 2.24) is 0 Å². The van der Waals surface area contributed by atoms with E-state index in [-0.39, 0.29) is 12.4 Å². The predicted molar refractivity (Wildman–Crippen MR) is 83.4 cm³/mol. The smallest absolute Gasteiger partial charge is 0.310 e. The van der Waals surface area contributed by atoms with Crippen molar-refractivity contribution < 1.29 is 13.9 Å². The summed E-state index contributed by atoms with van der Waals surface area (Å²) in [5, 5.41) is 0. The Hall–Kier alpha value is -2.55. The second-order valence-electron chi connectivity index (χ2n) is 4.46. The molecule has 2 aromatic rings.